The number of thiazole rings is 1. The van der Waals surface area contributed by atoms with Crippen molar-refractivity contribution < 1.29 is 28.6 Å². The highest BCUT2D eigenvalue weighted by Crippen LogP contribution is 2.25. The van der Waals surface area contributed by atoms with Crippen molar-refractivity contribution in [3.05, 3.63) is 17.8 Å². The third kappa shape index (κ3) is 7.61. The number of ether oxygens (including phenoxy) is 3. The number of unbranched alkanes of at least 4 members (excludes halogenated alkanes) is 1. The van der Waals surface area contributed by atoms with E-state index in [1.165, 1.54) is 11.3 Å². The second-order valence-corrected chi connectivity index (χ2v) is 11.0. The highest BCUT2D eigenvalue weighted by Gasteiger charge is 2.45. The fourth-order valence-electron chi connectivity index (χ4n) is 5.07. The first-order valence-electron chi connectivity index (χ1n) is 13.6. The number of carbonyl (C=O) groups excluding carboxylic acids is 3. The lowest BCUT2D eigenvalue weighted by molar-refractivity contribution is -0.154. The monoisotopic (exact) mass is 562 g/mol. The van der Waals surface area contributed by atoms with Crippen LogP contribution in [0, 0.1) is 5.92 Å². The number of hydrogen-bond donors (Lipinski definition) is 1. The van der Waals surface area contributed by atoms with Crippen LogP contribution in [0.25, 0.3) is 10.7 Å². The molecule has 2 aliphatic heterocycles. The molecule has 4 unspecified atom stereocenters. The summed E-state index contributed by atoms with van der Waals surface area (Å²) >= 11 is 1.51. The number of hydrogen-bond acceptors (Lipinski definition) is 11. The molecule has 13 heteroatoms. The topological polar surface area (TPSA) is 138 Å². The number of cyclic esters (lactones) is 1. The lowest BCUT2D eigenvalue weighted by Crippen LogP contribution is -2.52. The SMILES string of the molecule is COC1CCCN[C@@H](C)C2C(COC(=O)C(C)C(=O)CC1)OC(=O)N2CCCCn1cc(-c2nccs2)nn1. The first-order valence-corrected chi connectivity index (χ1v) is 14.5. The number of ketones is 1. The Morgan fingerprint density at radius 2 is 2.00 bits per heavy atom. The first kappa shape index (κ1) is 29.1. The molecule has 0 aliphatic carbocycles. The minimum absolute atomic E-state index is 0.0531. The number of fused-ring (bicyclic) bond motifs is 1. The Morgan fingerprint density at radius 1 is 1.18 bits per heavy atom. The van der Waals surface area contributed by atoms with Crippen molar-refractivity contribution in [3.8, 4) is 10.7 Å². The van der Waals surface area contributed by atoms with Crippen molar-refractivity contribution in [1.82, 2.24) is 30.2 Å². The number of esters is 1. The molecule has 0 saturated carbocycles. The fourth-order valence-corrected chi connectivity index (χ4v) is 5.65. The maximum Gasteiger partial charge on any atom is 0.410 e. The minimum atomic E-state index is -0.872. The van der Waals surface area contributed by atoms with Crippen molar-refractivity contribution in [3.63, 3.8) is 0 Å². The van der Waals surface area contributed by atoms with E-state index in [4.69, 9.17) is 14.2 Å². The van der Waals surface area contributed by atoms with E-state index in [0.29, 0.717) is 19.5 Å². The number of Topliss-reactive ketones (excluding diaryl/α,β-unsaturated/α-hetero) is 1. The Kier molecular flexibility index (Phi) is 10.4. The van der Waals surface area contributed by atoms with Crippen molar-refractivity contribution in [2.45, 2.75) is 83.2 Å². The predicted molar refractivity (Wildman–Crippen MR) is 143 cm³/mol. The summed E-state index contributed by atoms with van der Waals surface area (Å²) in [7, 11) is 1.64. The van der Waals surface area contributed by atoms with Gasteiger partial charge in [-0.25, -0.2) is 9.78 Å². The number of methoxy groups -OCH3 is 1. The van der Waals surface area contributed by atoms with Crippen LogP contribution in [0.1, 0.15) is 52.4 Å². The van der Waals surface area contributed by atoms with Crippen LogP contribution in [0.3, 0.4) is 0 Å². The summed E-state index contributed by atoms with van der Waals surface area (Å²) in [6.45, 7) is 5.37. The highest BCUT2D eigenvalue weighted by atomic mass is 32.1. The molecule has 12 nitrogen and oxygen atoms in total. The van der Waals surface area contributed by atoms with Gasteiger partial charge in [-0.3, -0.25) is 19.2 Å². The molecule has 0 aromatic carbocycles. The summed E-state index contributed by atoms with van der Waals surface area (Å²) in [4.78, 5) is 44.0. The smallest absolute Gasteiger partial charge is 0.410 e. The number of aromatic nitrogens is 4. The number of amides is 1. The van der Waals surface area contributed by atoms with Crippen molar-refractivity contribution in [2.24, 2.45) is 5.92 Å². The second-order valence-electron chi connectivity index (χ2n) is 10.1. The van der Waals surface area contributed by atoms with Gasteiger partial charge in [-0.15, -0.1) is 16.4 Å². The predicted octanol–water partition coefficient (Wildman–Crippen LogP) is 2.69. The maximum absolute atomic E-state index is 12.9. The van der Waals surface area contributed by atoms with Crippen LogP contribution in [0.2, 0.25) is 0 Å². The van der Waals surface area contributed by atoms with E-state index in [0.717, 1.165) is 42.9 Å². The minimum Gasteiger partial charge on any atom is -0.461 e. The molecule has 1 amide bonds. The Bertz CT molecular complexity index is 1090. The van der Waals surface area contributed by atoms with E-state index in [1.54, 1.807) is 29.8 Å². The third-order valence-corrected chi connectivity index (χ3v) is 8.20. The Labute approximate surface area is 232 Å². The largest absolute Gasteiger partial charge is 0.461 e. The number of nitrogens with one attached hydrogen (secondary N) is 1. The van der Waals surface area contributed by atoms with E-state index in [9.17, 15) is 14.4 Å². The number of rotatable bonds is 7. The number of nitrogens with zero attached hydrogens (tertiary/aromatic N) is 5. The van der Waals surface area contributed by atoms with Gasteiger partial charge in [0.1, 0.15) is 29.0 Å². The molecule has 4 rings (SSSR count). The van der Waals surface area contributed by atoms with Crippen LogP contribution in [0.4, 0.5) is 4.79 Å². The van der Waals surface area contributed by atoms with E-state index >= 15 is 0 Å². The fraction of sp³-hybridized carbons (Fsp3) is 0.692. The zero-order chi connectivity index (χ0) is 27.8. The molecular formula is C26H38N6O6S. The lowest BCUT2D eigenvalue weighted by Gasteiger charge is -2.30. The Hall–Kier alpha value is -2.90. The molecule has 39 heavy (non-hydrogen) atoms. The van der Waals surface area contributed by atoms with Crippen LogP contribution in [0.15, 0.2) is 17.8 Å². The molecule has 5 atom stereocenters. The molecule has 2 aromatic heterocycles. The molecule has 0 bridgehead atoms. The van der Waals surface area contributed by atoms with Gasteiger partial charge in [-0.2, -0.15) is 0 Å². The van der Waals surface area contributed by atoms with Gasteiger partial charge in [0, 0.05) is 44.2 Å². The Balaban J connectivity index is 1.36. The summed E-state index contributed by atoms with van der Waals surface area (Å²) in [6.07, 6.45) is 6.51. The van der Waals surface area contributed by atoms with Gasteiger partial charge in [-0.1, -0.05) is 5.21 Å². The summed E-state index contributed by atoms with van der Waals surface area (Å²) in [5, 5.41) is 14.6. The summed E-state index contributed by atoms with van der Waals surface area (Å²) in [6, 6.07) is -0.413. The van der Waals surface area contributed by atoms with Gasteiger partial charge in [0.25, 0.3) is 0 Å². The summed E-state index contributed by atoms with van der Waals surface area (Å²) in [5.41, 5.74) is 0.744. The van der Waals surface area contributed by atoms with E-state index in [2.05, 4.69) is 20.6 Å². The number of carbonyl (C=O) groups is 3. The summed E-state index contributed by atoms with van der Waals surface area (Å²) < 4.78 is 18.5. The zero-order valence-corrected chi connectivity index (χ0v) is 23.6. The molecule has 2 aromatic rings. The average Bonchev–Trinajstić information content (AvgIpc) is 3.68. The normalized spacial score (nSPS) is 27.4. The lowest BCUT2D eigenvalue weighted by atomic mass is 9.99. The van der Waals surface area contributed by atoms with Gasteiger partial charge in [0.05, 0.1) is 18.3 Å². The Morgan fingerprint density at radius 3 is 2.77 bits per heavy atom. The standard InChI is InChI=1S/C26H38N6O6S/c1-17-21(33)9-8-19(36-3)7-6-10-27-18(2)23-22(16-37-25(17)34)38-26(35)32(23)13-5-4-12-31-15-20(29-30-31)24-28-11-14-39-24/h11,14-15,17-19,22-23,27H,4-10,12-13,16H2,1-3H3/t17?,18-,19?,22?,23?/m0/s1. The maximum atomic E-state index is 12.9. The van der Waals surface area contributed by atoms with Gasteiger partial charge in [0.15, 0.2) is 6.10 Å². The molecule has 2 fully saturated rings. The quantitative estimate of drug-likeness (QED) is 0.304. The zero-order valence-electron chi connectivity index (χ0n) is 22.8. The molecular weight excluding hydrogens is 524 g/mol. The van der Waals surface area contributed by atoms with Crippen LogP contribution in [0.5, 0.6) is 0 Å². The third-order valence-electron chi connectivity index (χ3n) is 7.41. The second kappa shape index (κ2) is 13.9. The van der Waals surface area contributed by atoms with Gasteiger partial charge in [-0.05, 0) is 52.5 Å². The van der Waals surface area contributed by atoms with Crippen LogP contribution in [-0.4, -0.2) is 93.8 Å². The van der Waals surface area contributed by atoms with Crippen molar-refractivity contribution in [1.29, 1.82) is 0 Å². The molecule has 0 spiro atoms. The van der Waals surface area contributed by atoms with Gasteiger partial charge in [0.2, 0.25) is 0 Å². The van der Waals surface area contributed by atoms with Crippen LogP contribution < -0.4 is 5.32 Å². The van der Waals surface area contributed by atoms with Gasteiger partial charge >= 0.3 is 12.1 Å². The average molecular weight is 563 g/mol. The van der Waals surface area contributed by atoms with E-state index in [-0.39, 0.29) is 37.0 Å². The molecule has 1 N–H and O–H groups in total. The van der Waals surface area contributed by atoms with Gasteiger partial charge < -0.3 is 19.5 Å². The molecule has 4 heterocycles. The van der Waals surface area contributed by atoms with Crippen molar-refractivity contribution in [2.75, 3.05) is 26.8 Å². The highest BCUT2D eigenvalue weighted by molar-refractivity contribution is 7.13. The molecule has 2 saturated heterocycles. The summed E-state index contributed by atoms with van der Waals surface area (Å²) in [5.74, 6) is -1.64. The number of aryl methyl sites for hydroxylation is 1. The van der Waals surface area contributed by atoms with Crippen molar-refractivity contribution >= 4 is 29.2 Å². The van der Waals surface area contributed by atoms with Crippen LogP contribution in [-0.2, 0) is 30.3 Å². The van der Waals surface area contributed by atoms with E-state index < -0.39 is 24.1 Å². The molecule has 214 valence electrons. The van der Waals surface area contributed by atoms with E-state index in [1.807, 2.05) is 18.5 Å². The molecule has 2 aliphatic rings. The first-order chi connectivity index (χ1) is 18.9. The molecule has 0 radical (unpaired) electrons. The van der Waals surface area contributed by atoms with Crippen LogP contribution >= 0.6 is 11.3 Å².